The Morgan fingerprint density at radius 3 is 2.84 bits per heavy atom. The van der Waals surface area contributed by atoms with E-state index in [0.717, 1.165) is 17.4 Å². The number of aromatic nitrogens is 1. The van der Waals surface area contributed by atoms with Crippen molar-refractivity contribution < 1.29 is 0 Å². The van der Waals surface area contributed by atoms with Crippen LogP contribution < -0.4 is 5.32 Å². The van der Waals surface area contributed by atoms with E-state index in [1.54, 1.807) is 0 Å². The highest BCUT2D eigenvalue weighted by Crippen LogP contribution is 2.40. The minimum atomic E-state index is 0.375. The molecule has 1 aromatic heterocycles. The molecule has 1 N–H and O–H groups in total. The summed E-state index contributed by atoms with van der Waals surface area (Å²) in [6.07, 6.45) is 3.83. The van der Waals surface area contributed by atoms with Crippen molar-refractivity contribution in [1.82, 2.24) is 4.98 Å². The standard InChI is InChI=1S/C16H17N3/c1-16(7-4-8-16)11-18-15-13(10-17)9-12-5-2-3-6-14(12)19-15/h2-3,5-6,9H,4,7-8,11H2,1H3,(H,18,19). The Morgan fingerprint density at radius 1 is 1.37 bits per heavy atom. The molecule has 0 aliphatic heterocycles. The number of pyridine rings is 1. The van der Waals surface area contributed by atoms with E-state index in [2.05, 4.69) is 23.3 Å². The van der Waals surface area contributed by atoms with Crippen molar-refractivity contribution in [3.05, 3.63) is 35.9 Å². The molecule has 0 unspecified atom stereocenters. The van der Waals surface area contributed by atoms with Crippen LogP contribution in [0.1, 0.15) is 31.7 Å². The molecule has 0 amide bonds. The molecule has 0 bridgehead atoms. The van der Waals surface area contributed by atoms with E-state index in [0.29, 0.717) is 16.8 Å². The zero-order chi connectivity index (χ0) is 13.3. The van der Waals surface area contributed by atoms with Crippen LogP contribution in [0.15, 0.2) is 30.3 Å². The highest BCUT2D eigenvalue weighted by atomic mass is 15.0. The lowest BCUT2D eigenvalue weighted by Crippen LogP contribution is -2.33. The maximum absolute atomic E-state index is 9.25. The van der Waals surface area contributed by atoms with Crippen molar-refractivity contribution in [3.8, 4) is 6.07 Å². The Labute approximate surface area is 113 Å². The highest BCUT2D eigenvalue weighted by Gasteiger charge is 2.31. The lowest BCUT2D eigenvalue weighted by Gasteiger charge is -2.38. The van der Waals surface area contributed by atoms with Gasteiger partial charge in [0.2, 0.25) is 0 Å². The lowest BCUT2D eigenvalue weighted by atomic mass is 9.70. The van der Waals surface area contributed by atoms with Gasteiger partial charge in [-0.3, -0.25) is 0 Å². The van der Waals surface area contributed by atoms with Crippen molar-refractivity contribution in [2.75, 3.05) is 11.9 Å². The monoisotopic (exact) mass is 251 g/mol. The van der Waals surface area contributed by atoms with Crippen LogP contribution in [0.5, 0.6) is 0 Å². The number of hydrogen-bond acceptors (Lipinski definition) is 3. The second-order valence-corrected chi connectivity index (χ2v) is 5.71. The smallest absolute Gasteiger partial charge is 0.144 e. The van der Waals surface area contributed by atoms with Crippen molar-refractivity contribution in [3.63, 3.8) is 0 Å². The fourth-order valence-corrected chi connectivity index (χ4v) is 2.59. The molecule has 3 nitrogen and oxygen atoms in total. The molecule has 1 fully saturated rings. The van der Waals surface area contributed by atoms with E-state index in [4.69, 9.17) is 0 Å². The van der Waals surface area contributed by atoms with Crippen LogP contribution in [-0.4, -0.2) is 11.5 Å². The topological polar surface area (TPSA) is 48.7 Å². The molecule has 0 atom stereocenters. The Balaban J connectivity index is 1.91. The molecule has 3 rings (SSSR count). The van der Waals surface area contributed by atoms with E-state index < -0.39 is 0 Å². The Hall–Kier alpha value is -2.08. The van der Waals surface area contributed by atoms with Gasteiger partial charge in [0.15, 0.2) is 0 Å². The summed E-state index contributed by atoms with van der Waals surface area (Å²) in [4.78, 5) is 4.57. The van der Waals surface area contributed by atoms with Crippen LogP contribution in [0.25, 0.3) is 10.9 Å². The van der Waals surface area contributed by atoms with Crippen LogP contribution in [0.3, 0.4) is 0 Å². The SMILES string of the molecule is CC1(CNc2nc3ccccc3cc2C#N)CCC1. The maximum Gasteiger partial charge on any atom is 0.144 e. The summed E-state index contributed by atoms with van der Waals surface area (Å²) < 4.78 is 0. The van der Waals surface area contributed by atoms with Gasteiger partial charge >= 0.3 is 0 Å². The summed E-state index contributed by atoms with van der Waals surface area (Å²) in [5.41, 5.74) is 1.93. The number of nitrogens with one attached hydrogen (secondary N) is 1. The summed E-state index contributed by atoms with van der Waals surface area (Å²) >= 11 is 0. The first-order chi connectivity index (χ1) is 9.20. The Kier molecular flexibility index (Phi) is 2.87. The van der Waals surface area contributed by atoms with Gasteiger partial charge in [0.1, 0.15) is 11.9 Å². The Morgan fingerprint density at radius 2 is 2.16 bits per heavy atom. The summed E-state index contributed by atoms with van der Waals surface area (Å²) in [6.45, 7) is 3.18. The largest absolute Gasteiger partial charge is 0.368 e. The molecule has 96 valence electrons. The number of anilines is 1. The van der Waals surface area contributed by atoms with Crippen LogP contribution >= 0.6 is 0 Å². The van der Waals surface area contributed by atoms with Gasteiger partial charge in [0, 0.05) is 11.9 Å². The average Bonchev–Trinajstić information content (AvgIpc) is 2.42. The average molecular weight is 251 g/mol. The van der Waals surface area contributed by atoms with Crippen LogP contribution in [0.4, 0.5) is 5.82 Å². The first kappa shape index (κ1) is 12.0. The van der Waals surface area contributed by atoms with Gasteiger partial charge in [-0.05, 0) is 30.4 Å². The van der Waals surface area contributed by atoms with E-state index >= 15 is 0 Å². The molecule has 1 saturated carbocycles. The lowest BCUT2D eigenvalue weighted by molar-refractivity contribution is 0.180. The number of fused-ring (bicyclic) bond motifs is 1. The van der Waals surface area contributed by atoms with Gasteiger partial charge in [-0.25, -0.2) is 4.98 Å². The quantitative estimate of drug-likeness (QED) is 0.904. The minimum absolute atomic E-state index is 0.375. The van der Waals surface area contributed by atoms with E-state index in [1.165, 1.54) is 19.3 Å². The van der Waals surface area contributed by atoms with Gasteiger partial charge in [0.05, 0.1) is 11.1 Å². The second-order valence-electron chi connectivity index (χ2n) is 5.71. The summed E-state index contributed by atoms with van der Waals surface area (Å²) in [7, 11) is 0. The molecule has 1 heterocycles. The number of para-hydroxylation sites is 1. The predicted octanol–water partition coefficient (Wildman–Crippen LogP) is 3.71. The normalized spacial score (nSPS) is 16.6. The van der Waals surface area contributed by atoms with E-state index in [-0.39, 0.29) is 0 Å². The van der Waals surface area contributed by atoms with Gasteiger partial charge in [-0.2, -0.15) is 5.26 Å². The first-order valence-electron chi connectivity index (χ1n) is 6.74. The molecule has 0 spiro atoms. The van der Waals surface area contributed by atoms with Crippen molar-refractivity contribution in [1.29, 1.82) is 5.26 Å². The third-order valence-corrected chi connectivity index (χ3v) is 4.09. The number of rotatable bonds is 3. The van der Waals surface area contributed by atoms with E-state index in [1.807, 2.05) is 30.3 Å². The molecule has 1 aliphatic carbocycles. The van der Waals surface area contributed by atoms with Crippen molar-refractivity contribution in [2.45, 2.75) is 26.2 Å². The third-order valence-electron chi connectivity index (χ3n) is 4.09. The van der Waals surface area contributed by atoms with Crippen molar-refractivity contribution in [2.24, 2.45) is 5.41 Å². The van der Waals surface area contributed by atoms with Gasteiger partial charge in [-0.1, -0.05) is 31.5 Å². The summed E-state index contributed by atoms with van der Waals surface area (Å²) in [6, 6.07) is 12.0. The fraction of sp³-hybridized carbons (Fsp3) is 0.375. The molecule has 19 heavy (non-hydrogen) atoms. The minimum Gasteiger partial charge on any atom is -0.368 e. The number of nitrogens with zero attached hydrogens (tertiary/aromatic N) is 2. The van der Waals surface area contributed by atoms with Gasteiger partial charge in [0.25, 0.3) is 0 Å². The van der Waals surface area contributed by atoms with Crippen LogP contribution in [0.2, 0.25) is 0 Å². The molecule has 0 saturated heterocycles. The molecule has 1 aliphatic rings. The zero-order valence-corrected chi connectivity index (χ0v) is 11.1. The summed E-state index contributed by atoms with van der Waals surface area (Å²) in [5, 5.41) is 13.6. The predicted molar refractivity (Wildman–Crippen MR) is 76.9 cm³/mol. The molecular weight excluding hydrogens is 234 g/mol. The molecular formula is C16H17N3. The van der Waals surface area contributed by atoms with Crippen LogP contribution in [0, 0.1) is 16.7 Å². The Bertz CT molecular complexity index is 651. The second kappa shape index (κ2) is 4.55. The van der Waals surface area contributed by atoms with Gasteiger partial charge < -0.3 is 5.32 Å². The number of hydrogen-bond donors (Lipinski definition) is 1. The number of benzene rings is 1. The fourth-order valence-electron chi connectivity index (χ4n) is 2.59. The number of nitriles is 1. The first-order valence-corrected chi connectivity index (χ1v) is 6.74. The molecule has 3 heteroatoms. The third kappa shape index (κ3) is 2.26. The zero-order valence-electron chi connectivity index (χ0n) is 11.1. The molecule has 0 radical (unpaired) electrons. The maximum atomic E-state index is 9.25. The van der Waals surface area contributed by atoms with E-state index in [9.17, 15) is 5.26 Å². The molecule has 2 aromatic rings. The van der Waals surface area contributed by atoms with Gasteiger partial charge in [-0.15, -0.1) is 0 Å². The summed E-state index contributed by atoms with van der Waals surface area (Å²) in [5.74, 6) is 0.717. The van der Waals surface area contributed by atoms with Crippen LogP contribution in [-0.2, 0) is 0 Å². The van der Waals surface area contributed by atoms with Crippen molar-refractivity contribution >= 4 is 16.7 Å². The highest BCUT2D eigenvalue weighted by molar-refractivity contribution is 5.82. The molecule has 1 aromatic carbocycles.